The van der Waals surface area contributed by atoms with E-state index in [0.29, 0.717) is 22.1 Å². The Morgan fingerprint density at radius 3 is 3.00 bits per heavy atom. The Morgan fingerprint density at radius 1 is 1.39 bits per heavy atom. The van der Waals surface area contributed by atoms with E-state index >= 15 is 0 Å². The van der Waals surface area contributed by atoms with Crippen LogP contribution in [0.25, 0.3) is 11.3 Å². The first kappa shape index (κ1) is 14.7. The number of hydrogen-bond donors (Lipinski definition) is 2. The summed E-state index contributed by atoms with van der Waals surface area (Å²) in [4.78, 5) is 10.3. The third kappa shape index (κ3) is 3.32. The SMILES string of the molecule is O=[N+]([O-])c1ccc(Cl)c(-c2ccc(/C=N\Nc3nn[nH]n3)o2)c1. The zero-order chi connectivity index (χ0) is 16.2. The summed E-state index contributed by atoms with van der Waals surface area (Å²) in [6.07, 6.45) is 1.39. The maximum atomic E-state index is 10.8. The second-order valence-corrected chi connectivity index (χ2v) is 4.64. The number of rotatable bonds is 5. The molecule has 2 heterocycles. The number of nitro benzene ring substituents is 1. The van der Waals surface area contributed by atoms with Gasteiger partial charge in [-0.1, -0.05) is 16.7 Å². The Labute approximate surface area is 133 Å². The molecule has 11 heteroatoms. The highest BCUT2D eigenvalue weighted by Crippen LogP contribution is 2.32. The van der Waals surface area contributed by atoms with Crippen molar-refractivity contribution in [2.45, 2.75) is 0 Å². The zero-order valence-electron chi connectivity index (χ0n) is 11.3. The average molecular weight is 334 g/mol. The van der Waals surface area contributed by atoms with Gasteiger partial charge >= 0.3 is 0 Å². The van der Waals surface area contributed by atoms with Crippen molar-refractivity contribution < 1.29 is 9.34 Å². The highest BCUT2D eigenvalue weighted by Gasteiger charge is 2.14. The van der Waals surface area contributed by atoms with E-state index in [4.69, 9.17) is 16.0 Å². The molecule has 3 rings (SSSR count). The number of tetrazole rings is 1. The number of nitro groups is 1. The van der Waals surface area contributed by atoms with E-state index in [2.05, 4.69) is 31.2 Å². The Bertz CT molecular complexity index is 859. The third-order valence-corrected chi connectivity index (χ3v) is 3.08. The van der Waals surface area contributed by atoms with Gasteiger partial charge in [0.05, 0.1) is 16.2 Å². The molecule has 0 amide bonds. The van der Waals surface area contributed by atoms with Gasteiger partial charge in [-0.2, -0.15) is 10.3 Å². The predicted molar refractivity (Wildman–Crippen MR) is 81.2 cm³/mol. The van der Waals surface area contributed by atoms with Crippen LogP contribution in [0.5, 0.6) is 0 Å². The monoisotopic (exact) mass is 333 g/mol. The van der Waals surface area contributed by atoms with Gasteiger partial charge in [-0.05, 0) is 23.4 Å². The van der Waals surface area contributed by atoms with E-state index in [1.54, 1.807) is 12.1 Å². The van der Waals surface area contributed by atoms with Crippen molar-refractivity contribution in [3.05, 3.63) is 51.2 Å². The lowest BCUT2D eigenvalue weighted by molar-refractivity contribution is -0.384. The van der Waals surface area contributed by atoms with Crippen molar-refractivity contribution >= 4 is 29.5 Å². The van der Waals surface area contributed by atoms with Gasteiger partial charge in [-0.3, -0.25) is 10.1 Å². The number of H-pyrrole nitrogens is 1. The number of benzene rings is 1. The topological polar surface area (TPSA) is 135 Å². The number of hydrogen-bond acceptors (Lipinski definition) is 8. The van der Waals surface area contributed by atoms with Crippen LogP contribution in [-0.2, 0) is 0 Å². The van der Waals surface area contributed by atoms with Crippen LogP contribution < -0.4 is 5.43 Å². The van der Waals surface area contributed by atoms with E-state index in [9.17, 15) is 10.1 Å². The second kappa shape index (κ2) is 6.23. The second-order valence-electron chi connectivity index (χ2n) is 4.23. The summed E-state index contributed by atoms with van der Waals surface area (Å²) >= 11 is 6.06. The van der Waals surface area contributed by atoms with Crippen molar-refractivity contribution in [1.29, 1.82) is 0 Å². The fraction of sp³-hybridized carbons (Fsp3) is 0. The minimum Gasteiger partial charge on any atom is -0.455 e. The van der Waals surface area contributed by atoms with Crippen LogP contribution in [-0.4, -0.2) is 31.8 Å². The number of hydrazone groups is 1. The molecule has 0 saturated carbocycles. The van der Waals surface area contributed by atoms with Gasteiger partial charge in [0.25, 0.3) is 11.6 Å². The molecule has 0 aliphatic rings. The average Bonchev–Trinajstić information content (AvgIpc) is 3.19. The number of aromatic nitrogens is 4. The Kier molecular flexibility index (Phi) is 3.97. The molecular formula is C12H8ClN7O3. The van der Waals surface area contributed by atoms with Crippen molar-refractivity contribution in [2.75, 3.05) is 5.43 Å². The third-order valence-electron chi connectivity index (χ3n) is 2.75. The molecule has 0 bridgehead atoms. The number of non-ortho nitro benzene ring substituents is 1. The van der Waals surface area contributed by atoms with Gasteiger partial charge in [0, 0.05) is 17.7 Å². The van der Waals surface area contributed by atoms with Gasteiger partial charge in [0.15, 0.2) is 0 Å². The normalized spacial score (nSPS) is 11.0. The first-order valence-corrected chi connectivity index (χ1v) is 6.58. The molecule has 10 nitrogen and oxygen atoms in total. The van der Waals surface area contributed by atoms with E-state index < -0.39 is 4.92 Å². The van der Waals surface area contributed by atoms with Gasteiger partial charge in [-0.15, -0.1) is 5.10 Å². The fourth-order valence-corrected chi connectivity index (χ4v) is 1.96. The Hall–Kier alpha value is -3.27. The summed E-state index contributed by atoms with van der Waals surface area (Å²) in [5.74, 6) is 1.01. The fourth-order valence-electron chi connectivity index (χ4n) is 1.75. The van der Waals surface area contributed by atoms with Crippen molar-refractivity contribution in [3.63, 3.8) is 0 Å². The lowest BCUT2D eigenvalue weighted by atomic mass is 10.1. The van der Waals surface area contributed by atoms with Crippen LogP contribution in [0.2, 0.25) is 5.02 Å². The summed E-state index contributed by atoms with van der Waals surface area (Å²) in [7, 11) is 0. The van der Waals surface area contributed by atoms with Crippen molar-refractivity contribution in [2.24, 2.45) is 5.10 Å². The largest absolute Gasteiger partial charge is 0.455 e. The lowest BCUT2D eigenvalue weighted by Crippen LogP contribution is -1.91. The maximum absolute atomic E-state index is 10.8. The molecule has 0 unspecified atom stereocenters. The molecule has 0 spiro atoms. The molecule has 0 aliphatic carbocycles. The van der Waals surface area contributed by atoms with Gasteiger partial charge < -0.3 is 4.42 Å². The van der Waals surface area contributed by atoms with Crippen LogP contribution >= 0.6 is 11.6 Å². The number of halogens is 1. The number of anilines is 1. The molecule has 2 N–H and O–H groups in total. The van der Waals surface area contributed by atoms with Crippen LogP contribution in [0, 0.1) is 10.1 Å². The molecule has 116 valence electrons. The minimum absolute atomic E-state index is 0.0743. The van der Waals surface area contributed by atoms with E-state index in [1.165, 1.54) is 24.4 Å². The van der Waals surface area contributed by atoms with Crippen LogP contribution in [0.3, 0.4) is 0 Å². The van der Waals surface area contributed by atoms with Crippen LogP contribution in [0.15, 0.2) is 39.9 Å². The highest BCUT2D eigenvalue weighted by molar-refractivity contribution is 6.33. The highest BCUT2D eigenvalue weighted by atomic mass is 35.5. The summed E-state index contributed by atoms with van der Waals surface area (Å²) < 4.78 is 5.54. The molecule has 0 radical (unpaired) electrons. The Morgan fingerprint density at radius 2 is 2.26 bits per heavy atom. The number of nitrogens with one attached hydrogen (secondary N) is 2. The predicted octanol–water partition coefficient (Wildman–Crippen LogP) is 2.47. The summed E-state index contributed by atoms with van der Waals surface area (Å²) in [6.45, 7) is 0. The van der Waals surface area contributed by atoms with E-state index in [-0.39, 0.29) is 11.6 Å². The van der Waals surface area contributed by atoms with Crippen molar-refractivity contribution in [3.8, 4) is 11.3 Å². The Balaban J connectivity index is 1.80. The molecule has 23 heavy (non-hydrogen) atoms. The summed E-state index contributed by atoms with van der Waals surface area (Å²) in [5.41, 5.74) is 2.88. The standard InChI is InChI=1S/C12H8ClN7O3/c13-10-3-1-7(20(21)22)5-9(10)11-4-2-8(23-11)6-14-15-12-16-18-19-17-12/h1-6H,(H2,15,16,17,18,19)/b14-6-. The minimum atomic E-state index is -0.500. The van der Waals surface area contributed by atoms with Crippen LogP contribution in [0.1, 0.15) is 5.76 Å². The van der Waals surface area contributed by atoms with Crippen LogP contribution in [0.4, 0.5) is 11.6 Å². The van der Waals surface area contributed by atoms with Gasteiger partial charge in [0.2, 0.25) is 0 Å². The summed E-state index contributed by atoms with van der Waals surface area (Å²) in [5, 5.41) is 28.0. The zero-order valence-corrected chi connectivity index (χ0v) is 12.1. The molecule has 1 aromatic carbocycles. The smallest absolute Gasteiger partial charge is 0.283 e. The molecule has 2 aromatic heterocycles. The van der Waals surface area contributed by atoms with Gasteiger partial charge in [-0.25, -0.2) is 5.43 Å². The number of aromatic amines is 1. The van der Waals surface area contributed by atoms with Crippen molar-refractivity contribution in [1.82, 2.24) is 20.6 Å². The molecular weight excluding hydrogens is 326 g/mol. The number of nitrogens with zero attached hydrogens (tertiary/aromatic N) is 5. The summed E-state index contributed by atoms with van der Waals surface area (Å²) in [6, 6.07) is 7.40. The quantitative estimate of drug-likeness (QED) is 0.416. The molecule has 0 aliphatic heterocycles. The van der Waals surface area contributed by atoms with E-state index in [0.717, 1.165) is 0 Å². The first-order valence-electron chi connectivity index (χ1n) is 6.20. The lowest BCUT2D eigenvalue weighted by Gasteiger charge is -2.00. The molecule has 0 saturated heterocycles. The van der Waals surface area contributed by atoms with E-state index in [1.807, 2.05) is 0 Å². The first-order chi connectivity index (χ1) is 11.1. The molecule has 3 aromatic rings. The number of furan rings is 1. The van der Waals surface area contributed by atoms with Gasteiger partial charge in [0.1, 0.15) is 11.5 Å². The molecule has 0 fully saturated rings. The maximum Gasteiger partial charge on any atom is 0.283 e. The molecule has 0 atom stereocenters.